The first kappa shape index (κ1) is 25.1. The Kier molecular flexibility index (Phi) is 7.70. The first-order chi connectivity index (χ1) is 16.8. The molecule has 0 saturated heterocycles. The van der Waals surface area contributed by atoms with Gasteiger partial charge in [0.2, 0.25) is 11.8 Å². The Hall–Kier alpha value is -2.99. The van der Waals surface area contributed by atoms with E-state index in [0.29, 0.717) is 13.0 Å². The van der Waals surface area contributed by atoms with Crippen molar-refractivity contribution in [3.63, 3.8) is 0 Å². The topological polar surface area (TPSA) is 78.5 Å². The van der Waals surface area contributed by atoms with Gasteiger partial charge in [-0.1, -0.05) is 56.3 Å². The van der Waals surface area contributed by atoms with Gasteiger partial charge < -0.3 is 15.5 Å². The highest BCUT2D eigenvalue weighted by Crippen LogP contribution is 2.36. The molecule has 0 radical (unpaired) electrons. The van der Waals surface area contributed by atoms with Crippen molar-refractivity contribution in [2.75, 3.05) is 7.05 Å². The lowest BCUT2D eigenvalue weighted by atomic mass is 9.85. The Balaban J connectivity index is 1.63. The fourth-order valence-electron chi connectivity index (χ4n) is 5.35. The number of fused-ring (bicyclic) bond motifs is 2. The van der Waals surface area contributed by atoms with E-state index in [4.69, 9.17) is 0 Å². The molecule has 6 heteroatoms. The Labute approximate surface area is 208 Å². The lowest BCUT2D eigenvalue weighted by molar-refractivity contribution is -0.143. The number of likely N-dealkylation sites (N-methyl/N-ethyl adjacent to an activating group) is 1. The Morgan fingerprint density at radius 3 is 2.43 bits per heavy atom. The Morgan fingerprint density at radius 1 is 0.971 bits per heavy atom. The molecule has 35 heavy (non-hydrogen) atoms. The fraction of sp³-hybridized carbons (Fsp3) is 0.483. The lowest BCUT2D eigenvalue weighted by Gasteiger charge is -2.31. The molecule has 0 fully saturated rings. The van der Waals surface area contributed by atoms with Crippen LogP contribution in [0.1, 0.15) is 67.5 Å². The number of ketones is 1. The number of amides is 2. The van der Waals surface area contributed by atoms with E-state index in [2.05, 4.69) is 22.8 Å². The summed E-state index contributed by atoms with van der Waals surface area (Å²) in [5.74, 6) is -0.521. The van der Waals surface area contributed by atoms with Crippen LogP contribution in [0.2, 0.25) is 0 Å². The molecular formula is C29H37N3O3. The van der Waals surface area contributed by atoms with Gasteiger partial charge >= 0.3 is 0 Å². The summed E-state index contributed by atoms with van der Waals surface area (Å²) in [6, 6.07) is 12.3. The molecule has 0 aromatic heterocycles. The SMILES string of the molecule is CN[C@@H](C)C(=O)N[C@H](C(=O)N1Cc2ccccc2[C@H]1C(=O)Cc1cccc2c1CCCC2)C(C)C. The van der Waals surface area contributed by atoms with Crippen LogP contribution in [0, 0.1) is 5.92 Å². The summed E-state index contributed by atoms with van der Waals surface area (Å²) in [6.45, 7) is 5.97. The van der Waals surface area contributed by atoms with Crippen LogP contribution >= 0.6 is 0 Å². The molecule has 2 aromatic carbocycles. The van der Waals surface area contributed by atoms with Gasteiger partial charge in [0, 0.05) is 13.0 Å². The van der Waals surface area contributed by atoms with Gasteiger partial charge in [-0.3, -0.25) is 14.4 Å². The van der Waals surface area contributed by atoms with E-state index in [1.807, 2.05) is 44.2 Å². The number of hydrogen-bond acceptors (Lipinski definition) is 4. The molecule has 0 spiro atoms. The Bertz CT molecular complexity index is 1110. The summed E-state index contributed by atoms with van der Waals surface area (Å²) in [6.07, 6.45) is 4.72. The van der Waals surface area contributed by atoms with E-state index in [1.165, 1.54) is 17.5 Å². The molecule has 2 amide bonds. The van der Waals surface area contributed by atoms with Crippen LogP contribution in [-0.2, 0) is 40.2 Å². The summed E-state index contributed by atoms with van der Waals surface area (Å²) >= 11 is 0. The van der Waals surface area contributed by atoms with Crippen molar-refractivity contribution < 1.29 is 14.4 Å². The van der Waals surface area contributed by atoms with Gasteiger partial charge in [0.25, 0.3) is 0 Å². The van der Waals surface area contributed by atoms with E-state index >= 15 is 0 Å². The lowest BCUT2D eigenvalue weighted by Crippen LogP contribution is -2.54. The second-order valence-electron chi connectivity index (χ2n) is 10.2. The van der Waals surface area contributed by atoms with Gasteiger partial charge in [0.05, 0.1) is 6.04 Å². The summed E-state index contributed by atoms with van der Waals surface area (Å²) < 4.78 is 0. The molecule has 2 aliphatic rings. The van der Waals surface area contributed by atoms with E-state index in [9.17, 15) is 14.4 Å². The second-order valence-corrected chi connectivity index (χ2v) is 10.2. The number of nitrogens with zero attached hydrogens (tertiary/aromatic N) is 1. The van der Waals surface area contributed by atoms with Crippen molar-refractivity contribution in [3.8, 4) is 0 Å². The summed E-state index contributed by atoms with van der Waals surface area (Å²) in [4.78, 5) is 42.0. The number of nitrogens with one attached hydrogen (secondary N) is 2. The van der Waals surface area contributed by atoms with E-state index in [0.717, 1.165) is 36.0 Å². The summed E-state index contributed by atoms with van der Waals surface area (Å²) in [5.41, 5.74) is 5.63. The maximum Gasteiger partial charge on any atom is 0.246 e. The molecule has 1 heterocycles. The first-order valence-electron chi connectivity index (χ1n) is 12.8. The highest BCUT2D eigenvalue weighted by Gasteiger charge is 2.41. The second kappa shape index (κ2) is 10.7. The molecule has 6 nitrogen and oxygen atoms in total. The number of hydrogen-bond donors (Lipinski definition) is 2. The van der Waals surface area contributed by atoms with Gasteiger partial charge in [-0.15, -0.1) is 0 Å². The van der Waals surface area contributed by atoms with Crippen molar-refractivity contribution in [2.24, 2.45) is 5.92 Å². The molecule has 2 aromatic rings. The van der Waals surface area contributed by atoms with Crippen molar-refractivity contribution in [2.45, 2.75) is 77.5 Å². The van der Waals surface area contributed by atoms with Crippen LogP contribution in [0.5, 0.6) is 0 Å². The third-order valence-electron chi connectivity index (χ3n) is 7.50. The number of carbonyl (C=O) groups excluding carboxylic acids is 3. The molecule has 4 rings (SSSR count). The Morgan fingerprint density at radius 2 is 1.69 bits per heavy atom. The van der Waals surface area contributed by atoms with Gasteiger partial charge in [0.15, 0.2) is 5.78 Å². The summed E-state index contributed by atoms with van der Waals surface area (Å²) in [7, 11) is 1.71. The maximum atomic E-state index is 13.9. The van der Waals surface area contributed by atoms with Crippen LogP contribution in [-0.4, -0.2) is 41.6 Å². The van der Waals surface area contributed by atoms with Crippen LogP contribution in [0.15, 0.2) is 42.5 Å². The van der Waals surface area contributed by atoms with Crippen molar-refractivity contribution in [1.29, 1.82) is 0 Å². The normalized spacial score (nSPS) is 18.5. The largest absolute Gasteiger partial charge is 0.343 e. The maximum absolute atomic E-state index is 13.9. The van der Waals surface area contributed by atoms with Gasteiger partial charge in [-0.05, 0) is 73.4 Å². The van der Waals surface area contributed by atoms with Crippen molar-refractivity contribution >= 4 is 17.6 Å². The zero-order valence-corrected chi connectivity index (χ0v) is 21.3. The van der Waals surface area contributed by atoms with Gasteiger partial charge in [-0.2, -0.15) is 0 Å². The average Bonchev–Trinajstić information content (AvgIpc) is 3.26. The van der Waals surface area contributed by atoms with Crippen LogP contribution in [0.3, 0.4) is 0 Å². The predicted molar refractivity (Wildman–Crippen MR) is 137 cm³/mol. The van der Waals surface area contributed by atoms with Crippen molar-refractivity contribution in [1.82, 2.24) is 15.5 Å². The zero-order chi connectivity index (χ0) is 25.1. The minimum absolute atomic E-state index is 0.0275. The monoisotopic (exact) mass is 475 g/mol. The van der Waals surface area contributed by atoms with E-state index in [-0.39, 0.29) is 23.5 Å². The highest BCUT2D eigenvalue weighted by molar-refractivity contribution is 5.96. The van der Waals surface area contributed by atoms with E-state index in [1.54, 1.807) is 18.9 Å². The third-order valence-corrected chi connectivity index (χ3v) is 7.50. The third kappa shape index (κ3) is 5.18. The highest BCUT2D eigenvalue weighted by atomic mass is 16.2. The van der Waals surface area contributed by atoms with Crippen LogP contribution in [0.4, 0.5) is 0 Å². The number of carbonyl (C=O) groups is 3. The average molecular weight is 476 g/mol. The molecule has 0 bridgehead atoms. The first-order valence-corrected chi connectivity index (χ1v) is 12.8. The summed E-state index contributed by atoms with van der Waals surface area (Å²) in [5, 5.41) is 5.84. The van der Waals surface area contributed by atoms with Gasteiger partial charge in [0.1, 0.15) is 12.1 Å². The zero-order valence-electron chi connectivity index (χ0n) is 21.3. The number of Topliss-reactive ketones (excluding diaryl/α,β-unsaturated/α-hetero) is 1. The van der Waals surface area contributed by atoms with Crippen molar-refractivity contribution in [3.05, 3.63) is 70.3 Å². The number of aryl methyl sites for hydroxylation is 1. The molecular weight excluding hydrogens is 438 g/mol. The van der Waals surface area contributed by atoms with Crippen LogP contribution < -0.4 is 10.6 Å². The minimum Gasteiger partial charge on any atom is -0.343 e. The molecule has 0 saturated carbocycles. The minimum atomic E-state index is -0.701. The molecule has 2 N–H and O–H groups in total. The molecule has 0 unspecified atom stereocenters. The van der Waals surface area contributed by atoms with E-state index < -0.39 is 18.1 Å². The quantitative estimate of drug-likeness (QED) is 0.613. The standard InChI is InChI=1S/C29H37N3O3/c1-18(2)26(31-28(34)19(3)30-4)29(35)32-17-22-11-6-8-15-24(22)27(32)25(33)16-21-13-9-12-20-10-5-7-14-23(20)21/h6,8-9,11-13,15,18-19,26-27,30H,5,7,10,14,16-17H2,1-4H3,(H,31,34)/t19-,26-,27-/m0/s1. The van der Waals surface area contributed by atoms with Gasteiger partial charge in [-0.25, -0.2) is 0 Å². The number of benzene rings is 2. The fourth-order valence-corrected chi connectivity index (χ4v) is 5.35. The van der Waals surface area contributed by atoms with Crippen LogP contribution in [0.25, 0.3) is 0 Å². The molecule has 1 aliphatic heterocycles. The molecule has 1 aliphatic carbocycles. The molecule has 3 atom stereocenters. The smallest absolute Gasteiger partial charge is 0.246 e. The molecule has 186 valence electrons. The predicted octanol–water partition coefficient (Wildman–Crippen LogP) is 3.51. The number of rotatable bonds is 8.